The van der Waals surface area contributed by atoms with E-state index in [-0.39, 0.29) is 0 Å². The molecule has 0 fully saturated rings. The van der Waals surface area contributed by atoms with Crippen LogP contribution in [0.4, 0.5) is 0 Å². The van der Waals surface area contributed by atoms with Gasteiger partial charge in [0.05, 0.1) is 0 Å². The first-order valence-electron chi connectivity index (χ1n) is 8.51. The summed E-state index contributed by atoms with van der Waals surface area (Å²) in [6.45, 7) is 6.57. The molecule has 0 radical (unpaired) electrons. The molecular formula is C19H27N3O. The van der Waals surface area contributed by atoms with E-state index in [1.54, 1.807) is 23.3 Å². The molecule has 0 saturated carbocycles. The van der Waals surface area contributed by atoms with E-state index in [2.05, 4.69) is 49.1 Å². The van der Waals surface area contributed by atoms with E-state index >= 15 is 0 Å². The summed E-state index contributed by atoms with van der Waals surface area (Å²) in [5.74, 6) is 0.879. The number of rotatable bonds is 7. The average Bonchev–Trinajstić information content (AvgIpc) is 3.07. The molecule has 4 heteroatoms. The Kier molecular flexibility index (Phi) is 6.39. The van der Waals surface area contributed by atoms with Gasteiger partial charge in [0, 0.05) is 18.0 Å². The topological polar surface area (TPSA) is 50.4 Å². The van der Waals surface area contributed by atoms with Crippen LogP contribution in [0.3, 0.4) is 0 Å². The minimum atomic E-state index is 0.362. The summed E-state index contributed by atoms with van der Waals surface area (Å²) in [4.78, 5) is 4.04. The first kappa shape index (κ1) is 17.3. The third-order valence-electron chi connectivity index (χ3n) is 4.14. The van der Waals surface area contributed by atoms with Gasteiger partial charge in [-0.2, -0.15) is 0 Å². The van der Waals surface area contributed by atoms with Crippen LogP contribution in [0.25, 0.3) is 0 Å². The molecule has 0 amide bonds. The van der Waals surface area contributed by atoms with Gasteiger partial charge in [-0.3, -0.25) is 4.57 Å². The quantitative estimate of drug-likeness (QED) is 0.262. The molecule has 124 valence electrons. The molecule has 2 aromatic rings. The van der Waals surface area contributed by atoms with Crippen molar-refractivity contribution in [2.75, 3.05) is 0 Å². The molecule has 0 aliphatic heterocycles. The van der Waals surface area contributed by atoms with E-state index < -0.39 is 0 Å². The highest BCUT2D eigenvalue weighted by molar-refractivity contribution is 6.01. The first-order valence-corrected chi connectivity index (χ1v) is 8.51. The Morgan fingerprint density at radius 3 is 2.70 bits per heavy atom. The summed E-state index contributed by atoms with van der Waals surface area (Å²) in [5.41, 5.74) is 3.52. The van der Waals surface area contributed by atoms with E-state index in [0.717, 1.165) is 12.0 Å². The van der Waals surface area contributed by atoms with Gasteiger partial charge in [-0.15, -0.1) is 0 Å². The van der Waals surface area contributed by atoms with Gasteiger partial charge < -0.3 is 5.21 Å². The molecule has 0 aliphatic rings. The van der Waals surface area contributed by atoms with Crippen molar-refractivity contribution in [2.24, 2.45) is 5.16 Å². The van der Waals surface area contributed by atoms with Gasteiger partial charge in [-0.1, -0.05) is 63.4 Å². The highest BCUT2D eigenvalue weighted by Gasteiger charge is 2.15. The highest BCUT2D eigenvalue weighted by Crippen LogP contribution is 2.23. The Bertz CT molecular complexity index is 630. The van der Waals surface area contributed by atoms with Crippen molar-refractivity contribution < 1.29 is 5.21 Å². The number of unbranched alkanes of at least 4 members (excludes halogenated alkanes) is 3. The minimum absolute atomic E-state index is 0.362. The number of hydrogen-bond donors (Lipinski definition) is 1. The predicted molar refractivity (Wildman–Crippen MR) is 94.3 cm³/mol. The molecule has 0 unspecified atom stereocenters. The van der Waals surface area contributed by atoms with Crippen LogP contribution < -0.4 is 0 Å². The lowest BCUT2D eigenvalue weighted by molar-refractivity contribution is 0.317. The lowest BCUT2D eigenvalue weighted by Crippen LogP contribution is -2.15. The summed E-state index contributed by atoms with van der Waals surface area (Å²) >= 11 is 0. The number of nitrogens with zero attached hydrogens (tertiary/aromatic N) is 3. The van der Waals surface area contributed by atoms with Crippen molar-refractivity contribution in [1.29, 1.82) is 0 Å². The predicted octanol–water partition coefficient (Wildman–Crippen LogP) is 4.81. The summed E-state index contributed by atoms with van der Waals surface area (Å²) in [7, 11) is 0. The number of oxime groups is 1. The molecule has 1 heterocycles. The fraction of sp³-hybridized carbons (Fsp3) is 0.474. The van der Waals surface area contributed by atoms with Gasteiger partial charge in [-0.25, -0.2) is 4.98 Å². The van der Waals surface area contributed by atoms with Crippen molar-refractivity contribution in [3.8, 4) is 0 Å². The van der Waals surface area contributed by atoms with E-state index in [0.29, 0.717) is 11.8 Å². The van der Waals surface area contributed by atoms with E-state index in [1.807, 2.05) is 0 Å². The van der Waals surface area contributed by atoms with Crippen LogP contribution in [0, 0.1) is 0 Å². The smallest absolute Gasteiger partial charge is 0.184 e. The summed E-state index contributed by atoms with van der Waals surface area (Å²) in [5, 5.41) is 13.0. The zero-order valence-corrected chi connectivity index (χ0v) is 14.4. The Morgan fingerprint density at radius 2 is 2.09 bits per heavy atom. The number of hydrogen-bond acceptors (Lipinski definition) is 3. The van der Waals surface area contributed by atoms with Crippen molar-refractivity contribution in [1.82, 2.24) is 9.55 Å². The molecular weight excluding hydrogens is 286 g/mol. The number of aromatic nitrogens is 2. The molecule has 23 heavy (non-hydrogen) atoms. The molecule has 1 aromatic heterocycles. The molecule has 0 aliphatic carbocycles. The van der Waals surface area contributed by atoms with Crippen LogP contribution in [0.5, 0.6) is 0 Å². The number of aryl methyl sites for hydroxylation is 1. The van der Waals surface area contributed by atoms with Gasteiger partial charge in [0.2, 0.25) is 0 Å². The standard InChI is InChI=1S/C19H27N3O/c1-4-5-6-7-8-16-9-10-17(18(13-16)15(2)3)19(21-23)22-12-11-20-14-22/h9-15,23H,4-8H2,1-3H3. The Morgan fingerprint density at radius 1 is 1.26 bits per heavy atom. The maximum atomic E-state index is 9.47. The van der Waals surface area contributed by atoms with Crippen LogP contribution in [-0.2, 0) is 6.42 Å². The van der Waals surface area contributed by atoms with Crippen LogP contribution >= 0.6 is 0 Å². The van der Waals surface area contributed by atoms with Crippen molar-refractivity contribution in [3.63, 3.8) is 0 Å². The molecule has 1 aromatic carbocycles. The van der Waals surface area contributed by atoms with Gasteiger partial charge in [0.1, 0.15) is 6.33 Å². The molecule has 0 spiro atoms. The van der Waals surface area contributed by atoms with Gasteiger partial charge in [0.25, 0.3) is 0 Å². The lowest BCUT2D eigenvalue weighted by Gasteiger charge is -2.16. The number of imidazole rings is 1. The zero-order chi connectivity index (χ0) is 16.7. The monoisotopic (exact) mass is 313 g/mol. The van der Waals surface area contributed by atoms with Gasteiger partial charge in [0.15, 0.2) is 5.84 Å². The van der Waals surface area contributed by atoms with E-state index in [4.69, 9.17) is 0 Å². The molecule has 0 atom stereocenters. The second-order valence-corrected chi connectivity index (χ2v) is 6.28. The Labute approximate surface area is 138 Å². The first-order chi connectivity index (χ1) is 11.2. The second kappa shape index (κ2) is 8.51. The molecule has 1 N–H and O–H groups in total. The van der Waals surface area contributed by atoms with E-state index in [1.165, 1.54) is 36.8 Å². The third kappa shape index (κ3) is 4.44. The van der Waals surface area contributed by atoms with Crippen LogP contribution in [0.1, 0.15) is 69.1 Å². The highest BCUT2D eigenvalue weighted by atomic mass is 16.4. The van der Waals surface area contributed by atoms with Crippen molar-refractivity contribution in [3.05, 3.63) is 53.6 Å². The number of benzene rings is 1. The lowest BCUT2D eigenvalue weighted by atomic mass is 9.92. The van der Waals surface area contributed by atoms with Crippen LogP contribution in [-0.4, -0.2) is 20.6 Å². The maximum absolute atomic E-state index is 9.47. The van der Waals surface area contributed by atoms with Crippen molar-refractivity contribution >= 4 is 5.84 Å². The molecule has 0 saturated heterocycles. The summed E-state index contributed by atoms with van der Waals surface area (Å²) in [6, 6.07) is 6.48. The molecule has 4 nitrogen and oxygen atoms in total. The Balaban J connectivity index is 2.26. The van der Waals surface area contributed by atoms with Crippen LogP contribution in [0.15, 0.2) is 42.1 Å². The van der Waals surface area contributed by atoms with Gasteiger partial charge in [-0.05, 0) is 29.9 Å². The minimum Gasteiger partial charge on any atom is -0.409 e. The van der Waals surface area contributed by atoms with Gasteiger partial charge >= 0.3 is 0 Å². The van der Waals surface area contributed by atoms with E-state index in [9.17, 15) is 5.21 Å². The molecule has 0 bridgehead atoms. The average molecular weight is 313 g/mol. The Hall–Kier alpha value is -2.10. The second-order valence-electron chi connectivity index (χ2n) is 6.28. The summed E-state index contributed by atoms with van der Waals surface area (Å²) < 4.78 is 1.74. The fourth-order valence-corrected chi connectivity index (χ4v) is 2.83. The largest absolute Gasteiger partial charge is 0.409 e. The third-order valence-corrected chi connectivity index (χ3v) is 4.14. The normalized spacial score (nSPS) is 12.1. The zero-order valence-electron chi connectivity index (χ0n) is 14.4. The van der Waals surface area contributed by atoms with Crippen LogP contribution in [0.2, 0.25) is 0 Å². The fourth-order valence-electron chi connectivity index (χ4n) is 2.83. The maximum Gasteiger partial charge on any atom is 0.184 e. The summed E-state index contributed by atoms with van der Waals surface area (Å²) in [6.07, 6.45) is 11.3. The SMILES string of the molecule is CCCCCCc1ccc(C(=NO)n2ccnc2)c(C(C)C)c1. The molecule has 2 rings (SSSR count). The van der Waals surface area contributed by atoms with Crippen molar-refractivity contribution in [2.45, 2.75) is 58.8 Å².